The summed E-state index contributed by atoms with van der Waals surface area (Å²) in [5.41, 5.74) is 5.92. The van der Waals surface area contributed by atoms with Crippen LogP contribution < -0.4 is 10.6 Å². The molecule has 20 heavy (non-hydrogen) atoms. The molecule has 0 unspecified atom stereocenters. The van der Waals surface area contributed by atoms with E-state index in [2.05, 4.69) is 19.9 Å². The summed E-state index contributed by atoms with van der Waals surface area (Å²) in [4.78, 5) is 9.22. The number of nitrogens with two attached hydrogens (primary N) is 1. The predicted molar refractivity (Wildman–Crippen MR) is 80.5 cm³/mol. The molecule has 0 bridgehead atoms. The van der Waals surface area contributed by atoms with E-state index in [1.54, 1.807) is 11.3 Å². The van der Waals surface area contributed by atoms with E-state index in [9.17, 15) is 0 Å². The Labute approximate surface area is 122 Å². The van der Waals surface area contributed by atoms with E-state index in [1.165, 1.54) is 12.8 Å². The molecule has 1 saturated carbocycles. The lowest BCUT2D eigenvalue weighted by Crippen LogP contribution is -2.48. The number of amidine groups is 1. The van der Waals surface area contributed by atoms with Crippen LogP contribution in [0.25, 0.3) is 0 Å². The number of thiazole rings is 1. The topological polar surface area (TPSA) is 78.0 Å². The number of piperazine rings is 1. The first-order valence-electron chi connectivity index (χ1n) is 7.04. The second-order valence-corrected chi connectivity index (χ2v) is 6.72. The fraction of sp³-hybridized carbons (Fsp3) is 0.692. The van der Waals surface area contributed by atoms with Crippen LogP contribution in [0.3, 0.4) is 0 Å². The molecule has 1 aromatic rings. The summed E-state index contributed by atoms with van der Waals surface area (Å²) in [7, 11) is 0. The molecule has 3 rings (SSSR count). The second kappa shape index (κ2) is 5.57. The molecule has 7 heteroatoms. The SMILES string of the molecule is NC(CC1(CN2CCN(c3nccs3)CC2)CC1)=NO. The van der Waals surface area contributed by atoms with Crippen LogP contribution in [0, 0.1) is 5.41 Å². The molecule has 2 fully saturated rings. The van der Waals surface area contributed by atoms with E-state index >= 15 is 0 Å². The van der Waals surface area contributed by atoms with Crippen molar-refractivity contribution < 1.29 is 5.21 Å². The smallest absolute Gasteiger partial charge is 0.185 e. The molecule has 0 aromatic carbocycles. The summed E-state index contributed by atoms with van der Waals surface area (Å²) < 4.78 is 0. The lowest BCUT2D eigenvalue weighted by atomic mass is 10.0. The van der Waals surface area contributed by atoms with Gasteiger partial charge in [0, 0.05) is 50.7 Å². The maximum absolute atomic E-state index is 8.71. The lowest BCUT2D eigenvalue weighted by Gasteiger charge is -2.36. The van der Waals surface area contributed by atoms with Gasteiger partial charge in [-0.15, -0.1) is 11.3 Å². The molecule has 0 amide bonds. The number of nitrogens with zero attached hydrogens (tertiary/aromatic N) is 4. The van der Waals surface area contributed by atoms with Gasteiger partial charge in [0.05, 0.1) is 0 Å². The quantitative estimate of drug-likeness (QED) is 0.369. The Bertz CT molecular complexity index is 463. The Hall–Kier alpha value is -1.34. The van der Waals surface area contributed by atoms with Gasteiger partial charge < -0.3 is 15.8 Å². The van der Waals surface area contributed by atoms with Crippen LogP contribution in [0.15, 0.2) is 16.7 Å². The van der Waals surface area contributed by atoms with Gasteiger partial charge in [0.2, 0.25) is 0 Å². The highest BCUT2D eigenvalue weighted by molar-refractivity contribution is 7.13. The molecule has 1 aromatic heterocycles. The van der Waals surface area contributed by atoms with Crippen molar-refractivity contribution in [2.24, 2.45) is 16.3 Å². The Kier molecular flexibility index (Phi) is 3.80. The van der Waals surface area contributed by atoms with Crippen molar-refractivity contribution >= 4 is 22.3 Å². The largest absolute Gasteiger partial charge is 0.409 e. The molecule has 3 N–H and O–H groups in total. The van der Waals surface area contributed by atoms with Crippen molar-refractivity contribution in [1.29, 1.82) is 0 Å². The highest BCUT2D eigenvalue weighted by atomic mass is 32.1. The van der Waals surface area contributed by atoms with Crippen LogP contribution >= 0.6 is 11.3 Å². The normalized spacial score (nSPS) is 23.0. The molecule has 1 saturated heterocycles. The maximum atomic E-state index is 8.71. The number of hydrogen-bond acceptors (Lipinski definition) is 6. The van der Waals surface area contributed by atoms with Gasteiger partial charge in [-0.1, -0.05) is 5.16 Å². The zero-order valence-corrected chi connectivity index (χ0v) is 12.3. The van der Waals surface area contributed by atoms with Gasteiger partial charge in [0.25, 0.3) is 0 Å². The van der Waals surface area contributed by atoms with E-state index < -0.39 is 0 Å². The van der Waals surface area contributed by atoms with Crippen molar-refractivity contribution in [3.05, 3.63) is 11.6 Å². The summed E-state index contributed by atoms with van der Waals surface area (Å²) in [6.45, 7) is 5.27. The third kappa shape index (κ3) is 3.04. The molecule has 2 heterocycles. The fourth-order valence-electron chi connectivity index (χ4n) is 2.93. The number of anilines is 1. The van der Waals surface area contributed by atoms with Gasteiger partial charge in [-0.05, 0) is 18.3 Å². The Balaban J connectivity index is 1.49. The Morgan fingerprint density at radius 1 is 1.40 bits per heavy atom. The molecule has 0 radical (unpaired) electrons. The molecule has 2 aliphatic rings. The molecular weight excluding hydrogens is 274 g/mol. The Morgan fingerprint density at radius 2 is 2.15 bits per heavy atom. The number of oxime groups is 1. The highest BCUT2D eigenvalue weighted by Crippen LogP contribution is 2.49. The van der Waals surface area contributed by atoms with Crippen molar-refractivity contribution in [2.75, 3.05) is 37.6 Å². The van der Waals surface area contributed by atoms with Crippen LogP contribution in [-0.4, -0.2) is 53.7 Å². The van der Waals surface area contributed by atoms with Gasteiger partial charge in [0.1, 0.15) is 5.84 Å². The second-order valence-electron chi connectivity index (χ2n) is 5.85. The minimum Gasteiger partial charge on any atom is -0.409 e. The minimum atomic E-state index is 0.264. The molecular formula is C13H21N5OS. The van der Waals surface area contributed by atoms with Crippen molar-refractivity contribution in [1.82, 2.24) is 9.88 Å². The van der Waals surface area contributed by atoms with Crippen LogP contribution in [0.1, 0.15) is 19.3 Å². The summed E-state index contributed by atoms with van der Waals surface area (Å²) in [5, 5.41) is 15.0. The van der Waals surface area contributed by atoms with Gasteiger partial charge in [-0.25, -0.2) is 4.98 Å². The summed E-state index contributed by atoms with van der Waals surface area (Å²) >= 11 is 1.70. The van der Waals surface area contributed by atoms with Crippen LogP contribution in [0.2, 0.25) is 0 Å². The fourth-order valence-corrected chi connectivity index (χ4v) is 3.63. The zero-order valence-electron chi connectivity index (χ0n) is 11.5. The lowest BCUT2D eigenvalue weighted by molar-refractivity contribution is 0.209. The van der Waals surface area contributed by atoms with Crippen molar-refractivity contribution in [2.45, 2.75) is 19.3 Å². The third-order valence-electron chi connectivity index (χ3n) is 4.26. The monoisotopic (exact) mass is 295 g/mol. The van der Waals surface area contributed by atoms with Crippen LogP contribution in [0.4, 0.5) is 5.13 Å². The molecule has 6 nitrogen and oxygen atoms in total. The summed E-state index contributed by atoms with van der Waals surface area (Å²) in [6.07, 6.45) is 4.96. The summed E-state index contributed by atoms with van der Waals surface area (Å²) in [6, 6.07) is 0. The average molecular weight is 295 g/mol. The first kappa shape index (κ1) is 13.6. The average Bonchev–Trinajstić information content (AvgIpc) is 3.00. The molecule has 0 spiro atoms. The van der Waals surface area contributed by atoms with E-state index in [-0.39, 0.29) is 5.41 Å². The Morgan fingerprint density at radius 3 is 2.70 bits per heavy atom. The van der Waals surface area contributed by atoms with Gasteiger partial charge in [-0.3, -0.25) is 4.90 Å². The molecule has 1 aliphatic heterocycles. The summed E-state index contributed by atoms with van der Waals surface area (Å²) in [5.74, 6) is 0.365. The highest BCUT2D eigenvalue weighted by Gasteiger charge is 2.44. The predicted octanol–water partition coefficient (Wildman–Crippen LogP) is 1.18. The van der Waals surface area contributed by atoms with Crippen LogP contribution in [0.5, 0.6) is 0 Å². The van der Waals surface area contributed by atoms with E-state index in [0.717, 1.165) is 44.3 Å². The van der Waals surface area contributed by atoms with Crippen molar-refractivity contribution in [3.63, 3.8) is 0 Å². The molecule has 0 atom stereocenters. The van der Waals surface area contributed by atoms with Gasteiger partial charge in [0.15, 0.2) is 5.13 Å². The van der Waals surface area contributed by atoms with Gasteiger partial charge in [-0.2, -0.15) is 0 Å². The van der Waals surface area contributed by atoms with Gasteiger partial charge >= 0.3 is 0 Å². The number of rotatable bonds is 5. The number of aromatic nitrogens is 1. The first-order valence-corrected chi connectivity index (χ1v) is 7.92. The zero-order chi connectivity index (χ0) is 14.0. The van der Waals surface area contributed by atoms with Crippen molar-refractivity contribution in [3.8, 4) is 0 Å². The van der Waals surface area contributed by atoms with Crippen LogP contribution in [-0.2, 0) is 0 Å². The number of hydrogen-bond donors (Lipinski definition) is 2. The van der Waals surface area contributed by atoms with E-state index in [0.29, 0.717) is 5.84 Å². The minimum absolute atomic E-state index is 0.264. The van der Waals surface area contributed by atoms with E-state index in [4.69, 9.17) is 10.9 Å². The molecule has 110 valence electrons. The van der Waals surface area contributed by atoms with E-state index in [1.807, 2.05) is 11.6 Å². The third-order valence-corrected chi connectivity index (χ3v) is 5.10. The standard InChI is InChI=1S/C13H21N5OS/c14-11(16-19)9-13(1-2-13)10-17-4-6-18(7-5-17)12-15-3-8-20-12/h3,8,19H,1-2,4-7,9-10H2,(H2,14,16). The first-order chi connectivity index (χ1) is 9.71. The maximum Gasteiger partial charge on any atom is 0.185 e. The molecule has 1 aliphatic carbocycles.